The van der Waals surface area contributed by atoms with E-state index in [1.165, 1.54) is 5.56 Å². The summed E-state index contributed by atoms with van der Waals surface area (Å²) in [4.78, 5) is 14.6. The van der Waals surface area contributed by atoms with Crippen molar-refractivity contribution in [2.75, 3.05) is 32.1 Å². The maximum Gasteiger partial charge on any atom is 0.319 e. The summed E-state index contributed by atoms with van der Waals surface area (Å²) in [5.41, 5.74) is 2.10. The molecule has 1 fully saturated rings. The zero-order chi connectivity index (χ0) is 18.2. The number of rotatable bonds is 6. The molecule has 138 valence electrons. The fourth-order valence-electron chi connectivity index (χ4n) is 3.30. The summed E-state index contributed by atoms with van der Waals surface area (Å²) in [5.74, 6) is 1.27. The third-order valence-electron chi connectivity index (χ3n) is 4.84. The van der Waals surface area contributed by atoms with Gasteiger partial charge in [-0.3, -0.25) is 4.90 Å². The van der Waals surface area contributed by atoms with Gasteiger partial charge < -0.3 is 15.4 Å². The van der Waals surface area contributed by atoms with Gasteiger partial charge in [0.2, 0.25) is 0 Å². The number of benzene rings is 2. The second-order valence-corrected chi connectivity index (χ2v) is 6.77. The third-order valence-corrected chi connectivity index (χ3v) is 4.84. The number of methoxy groups -OCH3 is 1. The molecule has 5 nitrogen and oxygen atoms in total. The number of nitrogens with zero attached hydrogens (tertiary/aromatic N) is 1. The van der Waals surface area contributed by atoms with Gasteiger partial charge in [-0.15, -0.1) is 0 Å². The van der Waals surface area contributed by atoms with Crippen molar-refractivity contribution in [1.82, 2.24) is 10.2 Å². The van der Waals surface area contributed by atoms with Crippen LogP contribution in [0.4, 0.5) is 10.5 Å². The van der Waals surface area contributed by atoms with Crippen LogP contribution in [-0.2, 0) is 6.54 Å². The zero-order valence-electron chi connectivity index (χ0n) is 15.3. The molecule has 1 saturated heterocycles. The van der Waals surface area contributed by atoms with E-state index in [0.29, 0.717) is 5.92 Å². The lowest BCUT2D eigenvalue weighted by Crippen LogP contribution is -2.39. The van der Waals surface area contributed by atoms with Gasteiger partial charge in [0.15, 0.2) is 0 Å². The van der Waals surface area contributed by atoms with Crippen molar-refractivity contribution in [1.29, 1.82) is 0 Å². The van der Waals surface area contributed by atoms with Crippen LogP contribution < -0.4 is 15.4 Å². The molecule has 0 aliphatic carbocycles. The highest BCUT2D eigenvalue weighted by Crippen LogP contribution is 2.19. The summed E-state index contributed by atoms with van der Waals surface area (Å²) >= 11 is 0. The minimum absolute atomic E-state index is 0.162. The number of carbonyl (C=O) groups excluding carboxylic acids is 1. The summed E-state index contributed by atoms with van der Waals surface area (Å²) in [5, 5.41) is 5.85. The molecule has 0 saturated carbocycles. The molecular formula is C21H27N3O2. The molecular weight excluding hydrogens is 326 g/mol. The van der Waals surface area contributed by atoms with Crippen molar-refractivity contribution >= 4 is 11.7 Å². The van der Waals surface area contributed by atoms with E-state index >= 15 is 0 Å². The second kappa shape index (κ2) is 9.25. The summed E-state index contributed by atoms with van der Waals surface area (Å²) in [6, 6.07) is 17.8. The van der Waals surface area contributed by atoms with Gasteiger partial charge in [-0.2, -0.15) is 0 Å². The lowest BCUT2D eigenvalue weighted by Gasteiger charge is -2.32. The first kappa shape index (κ1) is 18.3. The molecule has 1 aliphatic rings. The van der Waals surface area contributed by atoms with Gasteiger partial charge >= 0.3 is 6.03 Å². The monoisotopic (exact) mass is 353 g/mol. The molecule has 2 N–H and O–H groups in total. The van der Waals surface area contributed by atoms with Crippen LogP contribution in [0.5, 0.6) is 5.75 Å². The number of anilines is 1. The normalized spacial score (nSPS) is 15.4. The number of urea groups is 1. The standard InChI is InChI=1S/C21H27N3O2/c1-26-20-9-5-8-19(14-20)23-21(25)22-15-17-10-12-24(13-11-17)16-18-6-3-2-4-7-18/h2-9,14,17H,10-13,15-16H2,1H3,(H2,22,23,25). The molecule has 2 amide bonds. The minimum atomic E-state index is -0.162. The number of ether oxygens (including phenoxy) is 1. The highest BCUT2D eigenvalue weighted by atomic mass is 16.5. The number of likely N-dealkylation sites (tertiary alicyclic amines) is 1. The number of hydrogen-bond donors (Lipinski definition) is 2. The molecule has 2 aromatic rings. The number of amides is 2. The van der Waals surface area contributed by atoms with E-state index in [9.17, 15) is 4.79 Å². The Morgan fingerprint density at radius 3 is 2.62 bits per heavy atom. The Labute approximate surface area is 155 Å². The van der Waals surface area contributed by atoms with Crippen molar-refractivity contribution in [3.63, 3.8) is 0 Å². The molecule has 26 heavy (non-hydrogen) atoms. The summed E-state index contributed by atoms with van der Waals surface area (Å²) in [6.07, 6.45) is 2.23. The second-order valence-electron chi connectivity index (χ2n) is 6.77. The zero-order valence-corrected chi connectivity index (χ0v) is 15.3. The van der Waals surface area contributed by atoms with Crippen LogP contribution in [0.1, 0.15) is 18.4 Å². The Kier molecular flexibility index (Phi) is 6.50. The lowest BCUT2D eigenvalue weighted by atomic mass is 9.96. The van der Waals surface area contributed by atoms with E-state index in [-0.39, 0.29) is 6.03 Å². The van der Waals surface area contributed by atoms with Crippen LogP contribution in [0.15, 0.2) is 54.6 Å². The smallest absolute Gasteiger partial charge is 0.319 e. The molecule has 0 unspecified atom stereocenters. The van der Waals surface area contributed by atoms with E-state index < -0.39 is 0 Å². The third kappa shape index (κ3) is 5.49. The molecule has 5 heteroatoms. The molecule has 0 radical (unpaired) electrons. The van der Waals surface area contributed by atoms with E-state index in [1.54, 1.807) is 7.11 Å². The lowest BCUT2D eigenvalue weighted by molar-refractivity contribution is 0.175. The van der Waals surface area contributed by atoms with E-state index in [1.807, 2.05) is 24.3 Å². The first-order chi connectivity index (χ1) is 12.7. The van der Waals surface area contributed by atoms with Crippen LogP contribution >= 0.6 is 0 Å². The largest absolute Gasteiger partial charge is 0.497 e. The Balaban J connectivity index is 1.37. The Bertz CT molecular complexity index is 697. The minimum Gasteiger partial charge on any atom is -0.497 e. The fourth-order valence-corrected chi connectivity index (χ4v) is 3.30. The Morgan fingerprint density at radius 1 is 1.12 bits per heavy atom. The van der Waals surface area contributed by atoms with Gasteiger partial charge in [0.1, 0.15) is 5.75 Å². The molecule has 0 bridgehead atoms. The van der Waals surface area contributed by atoms with Crippen LogP contribution in [0, 0.1) is 5.92 Å². The highest BCUT2D eigenvalue weighted by molar-refractivity contribution is 5.89. The molecule has 1 aliphatic heterocycles. The molecule has 0 spiro atoms. The molecule has 2 aromatic carbocycles. The summed E-state index contributed by atoms with van der Waals surface area (Å²) < 4.78 is 5.17. The van der Waals surface area contributed by atoms with Crippen LogP contribution in [0.25, 0.3) is 0 Å². The van der Waals surface area contributed by atoms with E-state index in [4.69, 9.17) is 4.74 Å². The van der Waals surface area contributed by atoms with Crippen LogP contribution in [-0.4, -0.2) is 37.7 Å². The Morgan fingerprint density at radius 2 is 1.88 bits per heavy atom. The van der Waals surface area contributed by atoms with Crippen molar-refractivity contribution < 1.29 is 9.53 Å². The fraction of sp³-hybridized carbons (Fsp3) is 0.381. The predicted molar refractivity (Wildman–Crippen MR) is 104 cm³/mol. The van der Waals surface area contributed by atoms with E-state index in [2.05, 4.69) is 45.9 Å². The maximum atomic E-state index is 12.1. The van der Waals surface area contributed by atoms with Crippen molar-refractivity contribution in [2.24, 2.45) is 5.92 Å². The maximum absolute atomic E-state index is 12.1. The number of nitrogens with one attached hydrogen (secondary N) is 2. The topological polar surface area (TPSA) is 53.6 Å². The summed E-state index contributed by atoms with van der Waals surface area (Å²) in [6.45, 7) is 3.89. The van der Waals surface area contributed by atoms with Gasteiger partial charge in [-0.25, -0.2) is 4.79 Å². The van der Waals surface area contributed by atoms with E-state index in [0.717, 1.165) is 50.5 Å². The Hall–Kier alpha value is -2.53. The van der Waals surface area contributed by atoms with Crippen LogP contribution in [0.2, 0.25) is 0 Å². The van der Waals surface area contributed by atoms with Gasteiger partial charge in [-0.1, -0.05) is 36.4 Å². The number of hydrogen-bond acceptors (Lipinski definition) is 3. The average Bonchev–Trinajstić information content (AvgIpc) is 2.68. The first-order valence-corrected chi connectivity index (χ1v) is 9.18. The average molecular weight is 353 g/mol. The van der Waals surface area contributed by atoms with Crippen molar-refractivity contribution in [2.45, 2.75) is 19.4 Å². The molecule has 0 atom stereocenters. The van der Waals surface area contributed by atoms with Crippen LogP contribution in [0.3, 0.4) is 0 Å². The molecule has 1 heterocycles. The van der Waals surface area contributed by atoms with Gasteiger partial charge in [0, 0.05) is 24.8 Å². The van der Waals surface area contributed by atoms with Crippen molar-refractivity contribution in [3.05, 3.63) is 60.2 Å². The quantitative estimate of drug-likeness (QED) is 0.832. The van der Waals surface area contributed by atoms with Gasteiger partial charge in [-0.05, 0) is 49.5 Å². The van der Waals surface area contributed by atoms with Crippen molar-refractivity contribution in [3.8, 4) is 5.75 Å². The molecule has 0 aromatic heterocycles. The first-order valence-electron chi connectivity index (χ1n) is 9.18. The predicted octanol–water partition coefficient (Wildman–Crippen LogP) is 3.73. The molecule has 3 rings (SSSR count). The number of piperidine rings is 1. The van der Waals surface area contributed by atoms with Gasteiger partial charge in [0.05, 0.1) is 7.11 Å². The van der Waals surface area contributed by atoms with Gasteiger partial charge in [0.25, 0.3) is 0 Å². The SMILES string of the molecule is COc1cccc(NC(=O)NCC2CCN(Cc3ccccc3)CC2)c1. The highest BCUT2D eigenvalue weighted by Gasteiger charge is 2.19. The summed E-state index contributed by atoms with van der Waals surface area (Å²) in [7, 11) is 1.61. The number of carbonyl (C=O) groups is 1.